The van der Waals surface area contributed by atoms with Crippen molar-refractivity contribution in [1.29, 1.82) is 0 Å². The second kappa shape index (κ2) is 6.90. The van der Waals surface area contributed by atoms with Gasteiger partial charge in [0.1, 0.15) is 11.6 Å². The SMILES string of the molecule is Cc1cc(NC(=O)c2ccnc(Nc3ccc(Cl)c(Cl)c3)c2)no1. The molecule has 0 radical (unpaired) electrons. The van der Waals surface area contributed by atoms with E-state index in [0.717, 1.165) is 0 Å². The summed E-state index contributed by atoms with van der Waals surface area (Å²) < 4.78 is 4.91. The summed E-state index contributed by atoms with van der Waals surface area (Å²) in [5.41, 5.74) is 1.13. The predicted molar refractivity (Wildman–Crippen MR) is 93.2 cm³/mol. The first-order valence-electron chi connectivity index (χ1n) is 6.94. The van der Waals surface area contributed by atoms with Gasteiger partial charge in [0, 0.05) is 23.5 Å². The Labute approximate surface area is 147 Å². The first-order chi connectivity index (χ1) is 11.5. The fourth-order valence-corrected chi connectivity index (χ4v) is 2.27. The molecule has 0 saturated carbocycles. The lowest BCUT2D eigenvalue weighted by atomic mass is 10.2. The molecule has 24 heavy (non-hydrogen) atoms. The largest absolute Gasteiger partial charge is 0.360 e. The fourth-order valence-electron chi connectivity index (χ4n) is 1.98. The summed E-state index contributed by atoms with van der Waals surface area (Å²) in [7, 11) is 0. The molecule has 3 aromatic rings. The number of nitrogens with one attached hydrogen (secondary N) is 2. The summed E-state index contributed by atoms with van der Waals surface area (Å²) in [6, 6.07) is 9.97. The number of rotatable bonds is 4. The number of carbonyl (C=O) groups excluding carboxylic acids is 1. The number of hydrogen-bond acceptors (Lipinski definition) is 5. The molecule has 0 aliphatic rings. The highest BCUT2D eigenvalue weighted by Crippen LogP contribution is 2.26. The van der Waals surface area contributed by atoms with Gasteiger partial charge in [0.15, 0.2) is 5.82 Å². The maximum Gasteiger partial charge on any atom is 0.257 e. The monoisotopic (exact) mass is 362 g/mol. The van der Waals surface area contributed by atoms with Crippen LogP contribution in [0.25, 0.3) is 0 Å². The van der Waals surface area contributed by atoms with Crippen LogP contribution in [0.1, 0.15) is 16.1 Å². The van der Waals surface area contributed by atoms with Crippen LogP contribution >= 0.6 is 23.2 Å². The van der Waals surface area contributed by atoms with E-state index in [2.05, 4.69) is 20.8 Å². The third kappa shape index (κ3) is 3.84. The lowest BCUT2D eigenvalue weighted by molar-refractivity contribution is 0.102. The van der Waals surface area contributed by atoms with E-state index in [1.165, 1.54) is 6.20 Å². The lowest BCUT2D eigenvalue weighted by Gasteiger charge is -2.08. The lowest BCUT2D eigenvalue weighted by Crippen LogP contribution is -2.12. The molecule has 2 N–H and O–H groups in total. The van der Waals surface area contributed by atoms with E-state index in [1.807, 2.05) is 0 Å². The number of carbonyl (C=O) groups is 1. The summed E-state index contributed by atoms with van der Waals surface area (Å²) >= 11 is 11.9. The van der Waals surface area contributed by atoms with Gasteiger partial charge in [0.25, 0.3) is 5.91 Å². The standard InChI is InChI=1S/C16H12Cl2N4O2/c1-9-6-15(22-24-9)21-16(23)10-4-5-19-14(7-10)20-11-2-3-12(17)13(18)8-11/h2-8H,1H3,(H,19,20)(H,21,22,23). The third-order valence-electron chi connectivity index (χ3n) is 3.08. The maximum atomic E-state index is 12.2. The Hall–Kier alpha value is -2.57. The van der Waals surface area contributed by atoms with Crippen LogP contribution < -0.4 is 10.6 Å². The number of aryl methyl sites for hydroxylation is 1. The highest BCUT2D eigenvalue weighted by atomic mass is 35.5. The van der Waals surface area contributed by atoms with Crippen LogP contribution in [-0.4, -0.2) is 16.0 Å². The van der Waals surface area contributed by atoms with Crippen molar-refractivity contribution in [3.8, 4) is 0 Å². The van der Waals surface area contributed by atoms with Crippen LogP contribution in [0.2, 0.25) is 10.0 Å². The van der Waals surface area contributed by atoms with Crippen LogP contribution in [0.4, 0.5) is 17.3 Å². The number of anilines is 3. The average Bonchev–Trinajstić information content (AvgIpc) is 2.96. The normalized spacial score (nSPS) is 10.5. The van der Waals surface area contributed by atoms with Crippen molar-refractivity contribution < 1.29 is 9.32 Å². The zero-order valence-electron chi connectivity index (χ0n) is 12.5. The van der Waals surface area contributed by atoms with E-state index in [4.69, 9.17) is 27.7 Å². The molecule has 1 aromatic carbocycles. The van der Waals surface area contributed by atoms with Crippen LogP contribution in [0, 0.1) is 6.92 Å². The topological polar surface area (TPSA) is 80.0 Å². The Morgan fingerprint density at radius 2 is 1.92 bits per heavy atom. The molecule has 0 atom stereocenters. The molecule has 2 aromatic heterocycles. The highest BCUT2D eigenvalue weighted by Gasteiger charge is 2.10. The van der Waals surface area contributed by atoms with Gasteiger partial charge in [-0.05, 0) is 37.3 Å². The number of hydrogen-bond donors (Lipinski definition) is 2. The highest BCUT2D eigenvalue weighted by molar-refractivity contribution is 6.42. The van der Waals surface area contributed by atoms with Gasteiger partial charge >= 0.3 is 0 Å². The van der Waals surface area contributed by atoms with E-state index in [-0.39, 0.29) is 5.91 Å². The second-order valence-electron chi connectivity index (χ2n) is 4.96. The van der Waals surface area contributed by atoms with Crippen molar-refractivity contribution in [2.24, 2.45) is 0 Å². The molecule has 0 aliphatic heterocycles. The molecule has 0 saturated heterocycles. The fraction of sp³-hybridized carbons (Fsp3) is 0.0625. The number of amides is 1. The van der Waals surface area contributed by atoms with Crippen LogP contribution in [-0.2, 0) is 0 Å². The predicted octanol–water partition coefficient (Wildman–Crippen LogP) is 4.68. The van der Waals surface area contributed by atoms with E-state index in [1.54, 1.807) is 43.3 Å². The molecule has 0 fully saturated rings. The number of nitrogens with zero attached hydrogens (tertiary/aromatic N) is 2. The molecule has 1 amide bonds. The molecule has 6 nitrogen and oxygen atoms in total. The average molecular weight is 363 g/mol. The molecular formula is C16H12Cl2N4O2. The zero-order valence-corrected chi connectivity index (χ0v) is 14.0. The first kappa shape index (κ1) is 16.3. The Kier molecular flexibility index (Phi) is 4.69. The Morgan fingerprint density at radius 1 is 1.08 bits per heavy atom. The molecule has 0 unspecified atom stereocenters. The van der Waals surface area contributed by atoms with Crippen molar-refractivity contribution in [2.75, 3.05) is 10.6 Å². The smallest absolute Gasteiger partial charge is 0.257 e. The molecular weight excluding hydrogens is 351 g/mol. The molecule has 0 spiro atoms. The van der Waals surface area contributed by atoms with Crippen molar-refractivity contribution in [2.45, 2.75) is 6.92 Å². The molecule has 3 rings (SSSR count). The van der Waals surface area contributed by atoms with Gasteiger partial charge in [-0.1, -0.05) is 28.4 Å². The number of aromatic nitrogens is 2. The van der Waals surface area contributed by atoms with Gasteiger partial charge in [-0.3, -0.25) is 4.79 Å². The van der Waals surface area contributed by atoms with Crippen LogP contribution in [0.3, 0.4) is 0 Å². The third-order valence-corrected chi connectivity index (χ3v) is 3.82. The van der Waals surface area contributed by atoms with Gasteiger partial charge in [0.2, 0.25) is 0 Å². The van der Waals surface area contributed by atoms with Gasteiger partial charge < -0.3 is 15.2 Å². The first-order valence-corrected chi connectivity index (χ1v) is 7.69. The van der Waals surface area contributed by atoms with Gasteiger partial charge in [-0.15, -0.1) is 0 Å². The summed E-state index contributed by atoms with van der Waals surface area (Å²) in [5.74, 6) is 1.15. The number of benzene rings is 1. The molecule has 0 aliphatic carbocycles. The molecule has 0 bridgehead atoms. The summed E-state index contributed by atoms with van der Waals surface area (Å²) in [4.78, 5) is 16.4. The zero-order chi connectivity index (χ0) is 17.1. The van der Waals surface area contributed by atoms with Crippen LogP contribution in [0.5, 0.6) is 0 Å². The van der Waals surface area contributed by atoms with Gasteiger partial charge in [0.05, 0.1) is 10.0 Å². The van der Waals surface area contributed by atoms with Crippen molar-refractivity contribution in [1.82, 2.24) is 10.1 Å². The summed E-state index contributed by atoms with van der Waals surface area (Å²) in [5, 5.41) is 10.3. The summed E-state index contributed by atoms with van der Waals surface area (Å²) in [6.45, 7) is 1.74. The summed E-state index contributed by atoms with van der Waals surface area (Å²) in [6.07, 6.45) is 1.53. The number of halogens is 2. The number of pyridine rings is 1. The van der Waals surface area contributed by atoms with E-state index in [9.17, 15) is 4.79 Å². The maximum absolute atomic E-state index is 12.2. The van der Waals surface area contributed by atoms with E-state index < -0.39 is 0 Å². The Balaban J connectivity index is 1.75. The molecule has 122 valence electrons. The Morgan fingerprint density at radius 3 is 2.62 bits per heavy atom. The minimum absolute atomic E-state index is 0.317. The van der Waals surface area contributed by atoms with Crippen LogP contribution in [0.15, 0.2) is 47.1 Å². The van der Waals surface area contributed by atoms with Crippen molar-refractivity contribution in [3.63, 3.8) is 0 Å². The Bertz CT molecular complexity index is 895. The van der Waals surface area contributed by atoms with Gasteiger partial charge in [-0.25, -0.2) is 4.98 Å². The van der Waals surface area contributed by atoms with E-state index >= 15 is 0 Å². The van der Waals surface area contributed by atoms with Gasteiger partial charge in [-0.2, -0.15) is 0 Å². The molecule has 8 heteroatoms. The minimum atomic E-state index is -0.317. The second-order valence-corrected chi connectivity index (χ2v) is 5.77. The molecule has 2 heterocycles. The quantitative estimate of drug-likeness (QED) is 0.704. The van der Waals surface area contributed by atoms with E-state index in [0.29, 0.717) is 38.7 Å². The van der Waals surface area contributed by atoms with Crippen molar-refractivity contribution >= 4 is 46.4 Å². The minimum Gasteiger partial charge on any atom is -0.360 e. The van der Waals surface area contributed by atoms with Crippen molar-refractivity contribution in [3.05, 3.63) is 64.0 Å².